The van der Waals surface area contributed by atoms with Crippen LogP contribution in [-0.2, 0) is 27.8 Å². The quantitative estimate of drug-likeness (QED) is 0.757. The molecular weight excluding hydrogens is 352 g/mol. The van der Waals surface area contributed by atoms with Crippen LogP contribution in [0.25, 0.3) is 10.9 Å². The molecule has 132 valence electrons. The van der Waals surface area contributed by atoms with E-state index >= 15 is 0 Å². The lowest BCUT2D eigenvalue weighted by atomic mass is 10.1. The molecule has 2 aromatic carbocycles. The van der Waals surface area contributed by atoms with Crippen LogP contribution in [0.3, 0.4) is 0 Å². The van der Waals surface area contributed by atoms with Crippen LogP contribution >= 0.6 is 0 Å². The number of nitrogens with zero attached hydrogens (tertiary/aromatic N) is 3. The first-order chi connectivity index (χ1) is 12.3. The van der Waals surface area contributed by atoms with Gasteiger partial charge in [0.15, 0.2) is 0 Å². The van der Waals surface area contributed by atoms with Crippen LogP contribution in [0.4, 0.5) is 5.69 Å². The topological polar surface area (TPSA) is 106 Å². The lowest BCUT2D eigenvalue weighted by Crippen LogP contribution is -2.26. The molecule has 1 aliphatic rings. The fourth-order valence-corrected chi connectivity index (χ4v) is 3.68. The number of nitrogens with two attached hydrogens (primary N) is 1. The van der Waals surface area contributed by atoms with E-state index in [0.29, 0.717) is 12.2 Å². The van der Waals surface area contributed by atoms with Crippen molar-refractivity contribution < 1.29 is 13.2 Å². The standard InChI is InChI=1S/C18H16N4O3S/c1-11-2-7-14-15(8-11)20-21-16-9-17(23)22(18(14)16)10-12-3-5-13(6-4-12)26(19,24)25/h2-8H,9-10H2,1H3,(H2,19,24,25). The molecule has 0 unspecified atom stereocenters. The number of sulfonamides is 1. The molecule has 0 bridgehead atoms. The zero-order valence-electron chi connectivity index (χ0n) is 14.0. The van der Waals surface area contributed by atoms with Gasteiger partial charge in [-0.1, -0.05) is 24.3 Å². The summed E-state index contributed by atoms with van der Waals surface area (Å²) in [4.78, 5) is 14.2. The zero-order valence-corrected chi connectivity index (χ0v) is 14.8. The fraction of sp³-hybridized carbons (Fsp3) is 0.167. The Kier molecular flexibility index (Phi) is 3.74. The number of benzene rings is 2. The molecular formula is C18H16N4O3S. The van der Waals surface area contributed by atoms with Crippen molar-refractivity contribution in [3.05, 3.63) is 59.3 Å². The number of amides is 1. The van der Waals surface area contributed by atoms with Crippen molar-refractivity contribution in [1.29, 1.82) is 0 Å². The van der Waals surface area contributed by atoms with Gasteiger partial charge < -0.3 is 4.90 Å². The molecule has 0 radical (unpaired) electrons. The monoisotopic (exact) mass is 368 g/mol. The SMILES string of the molecule is Cc1ccc2c3c(nnc2c1)CC(=O)N3Cc1ccc(S(N)(=O)=O)cc1. The molecule has 7 nitrogen and oxygen atoms in total. The summed E-state index contributed by atoms with van der Waals surface area (Å²) in [6.45, 7) is 2.30. The number of carbonyl (C=O) groups excluding carboxylic acids is 1. The van der Waals surface area contributed by atoms with Crippen LogP contribution in [0.5, 0.6) is 0 Å². The maximum absolute atomic E-state index is 12.5. The highest BCUT2D eigenvalue weighted by atomic mass is 32.2. The first-order valence-electron chi connectivity index (χ1n) is 8.01. The van der Waals surface area contributed by atoms with Crippen molar-refractivity contribution in [2.75, 3.05) is 4.90 Å². The summed E-state index contributed by atoms with van der Waals surface area (Å²) in [7, 11) is -3.74. The molecule has 2 heterocycles. The minimum atomic E-state index is -3.74. The number of fused-ring (bicyclic) bond motifs is 3. The molecule has 3 aromatic rings. The van der Waals surface area contributed by atoms with E-state index in [1.54, 1.807) is 17.0 Å². The van der Waals surface area contributed by atoms with Gasteiger partial charge in [0.1, 0.15) is 0 Å². The molecule has 2 N–H and O–H groups in total. The van der Waals surface area contributed by atoms with Gasteiger partial charge in [0, 0.05) is 5.39 Å². The number of aromatic nitrogens is 2. The summed E-state index contributed by atoms with van der Waals surface area (Å²) in [6.07, 6.45) is 0.210. The van der Waals surface area contributed by atoms with Gasteiger partial charge in [0.2, 0.25) is 15.9 Å². The summed E-state index contributed by atoms with van der Waals surface area (Å²) < 4.78 is 22.8. The third-order valence-electron chi connectivity index (χ3n) is 4.44. The van der Waals surface area contributed by atoms with Gasteiger partial charge in [-0.25, -0.2) is 13.6 Å². The van der Waals surface area contributed by atoms with Crippen LogP contribution in [0.2, 0.25) is 0 Å². The largest absolute Gasteiger partial charge is 0.305 e. The normalized spacial score (nSPS) is 14.1. The molecule has 0 spiro atoms. The van der Waals surface area contributed by atoms with E-state index in [4.69, 9.17) is 5.14 Å². The highest BCUT2D eigenvalue weighted by molar-refractivity contribution is 7.89. The van der Waals surface area contributed by atoms with Crippen molar-refractivity contribution in [3.8, 4) is 0 Å². The van der Waals surface area contributed by atoms with E-state index in [0.717, 1.165) is 27.7 Å². The molecule has 0 atom stereocenters. The van der Waals surface area contributed by atoms with E-state index in [9.17, 15) is 13.2 Å². The molecule has 0 aliphatic carbocycles. The number of rotatable bonds is 3. The van der Waals surface area contributed by atoms with Gasteiger partial charge in [-0.15, -0.1) is 0 Å². The Labute approximate surface area is 150 Å². The van der Waals surface area contributed by atoms with Crippen LogP contribution in [0.15, 0.2) is 47.4 Å². The van der Waals surface area contributed by atoms with Crippen molar-refractivity contribution in [3.63, 3.8) is 0 Å². The Bertz CT molecular complexity index is 1140. The highest BCUT2D eigenvalue weighted by Crippen LogP contribution is 2.35. The Balaban J connectivity index is 1.74. The second-order valence-corrected chi connectivity index (χ2v) is 7.92. The molecule has 26 heavy (non-hydrogen) atoms. The van der Waals surface area contributed by atoms with Crippen LogP contribution in [-0.4, -0.2) is 24.5 Å². The van der Waals surface area contributed by atoms with Crippen molar-refractivity contribution in [2.24, 2.45) is 5.14 Å². The second kappa shape index (κ2) is 5.86. The van der Waals surface area contributed by atoms with Gasteiger partial charge in [-0.2, -0.15) is 10.2 Å². The summed E-state index contributed by atoms with van der Waals surface area (Å²) in [6, 6.07) is 12.1. The second-order valence-electron chi connectivity index (χ2n) is 6.36. The predicted molar refractivity (Wildman–Crippen MR) is 97.0 cm³/mol. The Morgan fingerprint density at radius 1 is 1.12 bits per heavy atom. The fourth-order valence-electron chi connectivity index (χ4n) is 3.16. The number of carbonyl (C=O) groups is 1. The highest BCUT2D eigenvalue weighted by Gasteiger charge is 2.31. The third-order valence-corrected chi connectivity index (χ3v) is 5.37. The van der Waals surface area contributed by atoms with Crippen molar-refractivity contribution in [2.45, 2.75) is 24.8 Å². The lowest BCUT2D eigenvalue weighted by molar-refractivity contribution is -0.117. The summed E-state index contributed by atoms with van der Waals surface area (Å²) in [5.41, 5.74) is 4.05. The van der Waals surface area contributed by atoms with E-state index in [1.165, 1.54) is 12.1 Å². The molecule has 0 saturated carbocycles. The van der Waals surface area contributed by atoms with E-state index in [2.05, 4.69) is 10.2 Å². The number of hydrogen-bond acceptors (Lipinski definition) is 5. The Hall–Kier alpha value is -2.84. The number of primary sulfonamides is 1. The number of anilines is 1. The van der Waals surface area contributed by atoms with Crippen LogP contribution < -0.4 is 10.0 Å². The van der Waals surface area contributed by atoms with E-state index in [1.807, 2.05) is 25.1 Å². The molecule has 1 aromatic heterocycles. The average molecular weight is 368 g/mol. The van der Waals surface area contributed by atoms with Crippen LogP contribution in [0.1, 0.15) is 16.8 Å². The molecule has 4 rings (SSSR count). The van der Waals surface area contributed by atoms with Crippen molar-refractivity contribution in [1.82, 2.24) is 10.2 Å². The van der Waals surface area contributed by atoms with Gasteiger partial charge in [-0.3, -0.25) is 4.79 Å². The molecule has 1 amide bonds. The van der Waals surface area contributed by atoms with Gasteiger partial charge in [0.05, 0.1) is 34.8 Å². The van der Waals surface area contributed by atoms with Crippen molar-refractivity contribution >= 4 is 32.5 Å². The summed E-state index contributed by atoms with van der Waals surface area (Å²) in [5.74, 6) is -0.0575. The first-order valence-corrected chi connectivity index (χ1v) is 9.55. The molecule has 8 heteroatoms. The van der Waals surface area contributed by atoms with E-state index in [-0.39, 0.29) is 17.2 Å². The number of hydrogen-bond donors (Lipinski definition) is 1. The molecule has 1 aliphatic heterocycles. The Morgan fingerprint density at radius 2 is 1.85 bits per heavy atom. The maximum Gasteiger partial charge on any atom is 0.238 e. The maximum atomic E-state index is 12.5. The Morgan fingerprint density at radius 3 is 2.54 bits per heavy atom. The minimum Gasteiger partial charge on any atom is -0.305 e. The summed E-state index contributed by atoms with van der Waals surface area (Å²) >= 11 is 0. The van der Waals surface area contributed by atoms with E-state index < -0.39 is 10.0 Å². The van der Waals surface area contributed by atoms with Crippen LogP contribution in [0, 0.1) is 6.92 Å². The average Bonchev–Trinajstić information content (AvgIpc) is 2.90. The lowest BCUT2D eigenvalue weighted by Gasteiger charge is -2.19. The number of aryl methyl sites for hydroxylation is 1. The predicted octanol–water partition coefficient (Wildman–Crippen LogP) is 1.67. The third kappa shape index (κ3) is 2.83. The van der Waals surface area contributed by atoms with Gasteiger partial charge in [-0.05, 0) is 36.2 Å². The smallest absolute Gasteiger partial charge is 0.238 e. The minimum absolute atomic E-state index is 0.0428. The molecule has 0 fully saturated rings. The summed E-state index contributed by atoms with van der Waals surface area (Å²) in [5, 5.41) is 14.4. The first kappa shape index (κ1) is 16.6. The molecule has 0 saturated heterocycles. The van der Waals surface area contributed by atoms with Gasteiger partial charge >= 0.3 is 0 Å². The van der Waals surface area contributed by atoms with Gasteiger partial charge in [0.25, 0.3) is 0 Å². The zero-order chi connectivity index (χ0) is 18.5.